The van der Waals surface area contributed by atoms with Crippen LogP contribution in [-0.2, 0) is 4.79 Å². The van der Waals surface area contributed by atoms with Crippen molar-refractivity contribution in [1.29, 1.82) is 0 Å². The number of aromatic nitrogens is 1. The van der Waals surface area contributed by atoms with E-state index in [0.717, 1.165) is 0 Å². The summed E-state index contributed by atoms with van der Waals surface area (Å²) in [6.07, 6.45) is 1.22. The average molecular weight is 283 g/mol. The molecule has 19 heavy (non-hydrogen) atoms. The topological polar surface area (TPSA) is 114 Å². The van der Waals surface area contributed by atoms with Crippen LogP contribution in [0.25, 0.3) is 0 Å². The van der Waals surface area contributed by atoms with Gasteiger partial charge in [0.1, 0.15) is 10.7 Å². The van der Waals surface area contributed by atoms with Crippen molar-refractivity contribution >= 4 is 34.1 Å². The Kier molecular flexibility index (Phi) is 3.89. The number of carbonyl (C=O) groups excluding carboxylic acids is 2. The number of nitrogens with one attached hydrogen (secondary N) is 1. The fourth-order valence-corrected chi connectivity index (χ4v) is 2.91. The Hall–Kier alpha value is -1.83. The predicted molar refractivity (Wildman–Crippen MR) is 73.9 cm³/mol. The summed E-state index contributed by atoms with van der Waals surface area (Å²) in [5.74, 6) is -0.298. The van der Waals surface area contributed by atoms with Crippen LogP contribution in [0.3, 0.4) is 0 Å². The largest absolute Gasteiger partial charge is 0.382 e. The van der Waals surface area contributed by atoms with Gasteiger partial charge in [-0.25, -0.2) is 4.98 Å². The minimum absolute atomic E-state index is 0.126. The van der Waals surface area contributed by atoms with Gasteiger partial charge in [-0.15, -0.1) is 0 Å². The quantitative estimate of drug-likeness (QED) is 0.728. The summed E-state index contributed by atoms with van der Waals surface area (Å²) in [5, 5.41) is 3.48. The fraction of sp³-hybridized carbons (Fsp3) is 0.545. The van der Waals surface area contributed by atoms with Crippen molar-refractivity contribution in [2.75, 3.05) is 31.2 Å². The van der Waals surface area contributed by atoms with E-state index < -0.39 is 0 Å². The molecule has 0 atom stereocenters. The van der Waals surface area contributed by atoms with Gasteiger partial charge >= 0.3 is 0 Å². The number of amides is 2. The molecule has 1 aromatic rings. The van der Waals surface area contributed by atoms with E-state index in [4.69, 9.17) is 11.5 Å². The molecule has 5 N–H and O–H groups in total. The average Bonchev–Trinajstić information content (AvgIpc) is 2.79. The van der Waals surface area contributed by atoms with Gasteiger partial charge in [0.15, 0.2) is 5.13 Å². The first-order valence-corrected chi connectivity index (χ1v) is 6.87. The molecule has 1 saturated heterocycles. The molecule has 8 heteroatoms. The third-order valence-corrected chi connectivity index (χ3v) is 4.32. The molecule has 0 spiro atoms. The molecule has 0 aromatic carbocycles. The molecule has 0 saturated carbocycles. The first-order chi connectivity index (χ1) is 9.02. The first-order valence-electron chi connectivity index (χ1n) is 6.05. The number of primary amides is 1. The van der Waals surface area contributed by atoms with Gasteiger partial charge in [-0.1, -0.05) is 11.3 Å². The van der Waals surface area contributed by atoms with Crippen LogP contribution in [0.4, 0.5) is 10.9 Å². The first kappa shape index (κ1) is 13.6. The number of carbonyl (C=O) groups is 2. The summed E-state index contributed by atoms with van der Waals surface area (Å²) in [4.78, 5) is 29.6. The zero-order chi connectivity index (χ0) is 14.0. The van der Waals surface area contributed by atoms with E-state index in [9.17, 15) is 9.59 Å². The standard InChI is InChI=1S/C11H17N5O2S/c1-14-11-15-8(12)7(19-11)10(18)16-4-2-6(3-5-16)9(13)17/h6H,2-5,12H2,1H3,(H2,13,17)(H,14,15). The van der Waals surface area contributed by atoms with E-state index in [2.05, 4.69) is 10.3 Å². The second-order valence-corrected chi connectivity index (χ2v) is 5.45. The van der Waals surface area contributed by atoms with Crippen molar-refractivity contribution in [2.45, 2.75) is 12.8 Å². The fourth-order valence-electron chi connectivity index (χ4n) is 2.10. The second-order valence-electron chi connectivity index (χ2n) is 4.45. The van der Waals surface area contributed by atoms with Crippen molar-refractivity contribution in [3.63, 3.8) is 0 Å². The molecule has 1 aliphatic heterocycles. The van der Waals surface area contributed by atoms with Gasteiger partial charge in [-0.3, -0.25) is 9.59 Å². The summed E-state index contributed by atoms with van der Waals surface area (Å²) in [7, 11) is 1.73. The Morgan fingerprint density at radius 2 is 2.05 bits per heavy atom. The molecule has 1 aromatic heterocycles. The highest BCUT2D eigenvalue weighted by atomic mass is 32.1. The summed E-state index contributed by atoms with van der Waals surface area (Å²) in [6.45, 7) is 1.05. The molecule has 1 fully saturated rings. The lowest BCUT2D eigenvalue weighted by molar-refractivity contribution is -0.123. The van der Waals surface area contributed by atoms with E-state index in [1.165, 1.54) is 11.3 Å². The number of anilines is 2. The molecule has 7 nitrogen and oxygen atoms in total. The monoisotopic (exact) mass is 283 g/mol. The number of hydrogen-bond acceptors (Lipinski definition) is 6. The van der Waals surface area contributed by atoms with Gasteiger partial charge in [0, 0.05) is 26.1 Å². The number of rotatable bonds is 3. The van der Waals surface area contributed by atoms with Crippen molar-refractivity contribution < 1.29 is 9.59 Å². The highest BCUT2D eigenvalue weighted by Crippen LogP contribution is 2.27. The molecule has 104 valence electrons. The van der Waals surface area contributed by atoms with E-state index in [0.29, 0.717) is 35.9 Å². The Morgan fingerprint density at radius 1 is 1.42 bits per heavy atom. The van der Waals surface area contributed by atoms with Crippen LogP contribution in [0.5, 0.6) is 0 Å². The zero-order valence-electron chi connectivity index (χ0n) is 10.7. The third-order valence-electron chi connectivity index (χ3n) is 3.25. The Balaban J connectivity index is 2.05. The number of likely N-dealkylation sites (tertiary alicyclic amines) is 1. The molecule has 2 rings (SSSR count). The summed E-state index contributed by atoms with van der Waals surface area (Å²) in [6, 6.07) is 0. The lowest BCUT2D eigenvalue weighted by Gasteiger charge is -2.30. The van der Waals surface area contributed by atoms with Crippen molar-refractivity contribution in [1.82, 2.24) is 9.88 Å². The number of nitrogens with two attached hydrogens (primary N) is 2. The van der Waals surface area contributed by atoms with Crippen LogP contribution in [-0.4, -0.2) is 41.8 Å². The summed E-state index contributed by atoms with van der Waals surface area (Å²) in [5.41, 5.74) is 11.0. The van der Waals surface area contributed by atoms with Crippen molar-refractivity contribution in [3.05, 3.63) is 4.88 Å². The van der Waals surface area contributed by atoms with Crippen molar-refractivity contribution in [3.8, 4) is 0 Å². The lowest BCUT2D eigenvalue weighted by atomic mass is 9.96. The number of thiazole rings is 1. The zero-order valence-corrected chi connectivity index (χ0v) is 11.5. The normalized spacial score (nSPS) is 16.4. The SMILES string of the molecule is CNc1nc(N)c(C(=O)N2CCC(C(N)=O)CC2)s1. The Morgan fingerprint density at radius 3 is 2.53 bits per heavy atom. The molecular weight excluding hydrogens is 266 g/mol. The van der Waals surface area contributed by atoms with Gasteiger partial charge in [-0.2, -0.15) is 0 Å². The molecule has 2 heterocycles. The smallest absolute Gasteiger partial charge is 0.267 e. The predicted octanol–water partition coefficient (Wildman–Crippen LogP) is 0.105. The Bertz CT molecular complexity index is 493. The molecule has 1 aliphatic rings. The summed E-state index contributed by atoms with van der Waals surface area (Å²) < 4.78 is 0. The maximum atomic E-state index is 12.3. The highest BCUT2D eigenvalue weighted by molar-refractivity contribution is 7.18. The number of piperidine rings is 1. The van der Waals surface area contributed by atoms with E-state index in [-0.39, 0.29) is 23.6 Å². The van der Waals surface area contributed by atoms with Crippen LogP contribution < -0.4 is 16.8 Å². The van der Waals surface area contributed by atoms with E-state index >= 15 is 0 Å². The van der Waals surface area contributed by atoms with Gasteiger partial charge < -0.3 is 21.7 Å². The molecule has 0 unspecified atom stereocenters. The molecule has 0 bridgehead atoms. The van der Waals surface area contributed by atoms with Gasteiger partial charge in [0.05, 0.1) is 0 Å². The molecule has 2 amide bonds. The number of hydrogen-bond donors (Lipinski definition) is 3. The molecular formula is C11H17N5O2S. The highest BCUT2D eigenvalue weighted by Gasteiger charge is 2.28. The van der Waals surface area contributed by atoms with Crippen LogP contribution in [0.2, 0.25) is 0 Å². The van der Waals surface area contributed by atoms with Crippen LogP contribution in [0, 0.1) is 5.92 Å². The van der Waals surface area contributed by atoms with E-state index in [1.807, 2.05) is 0 Å². The summed E-state index contributed by atoms with van der Waals surface area (Å²) >= 11 is 1.24. The van der Waals surface area contributed by atoms with Crippen LogP contribution in [0.15, 0.2) is 0 Å². The maximum absolute atomic E-state index is 12.3. The van der Waals surface area contributed by atoms with Crippen molar-refractivity contribution in [2.24, 2.45) is 11.7 Å². The minimum atomic E-state index is -0.290. The molecule has 0 aliphatic carbocycles. The third kappa shape index (κ3) is 2.78. The van der Waals surface area contributed by atoms with Gasteiger partial charge in [0.25, 0.3) is 5.91 Å². The lowest BCUT2D eigenvalue weighted by Crippen LogP contribution is -2.41. The second kappa shape index (κ2) is 5.43. The van der Waals surface area contributed by atoms with Crippen LogP contribution in [0.1, 0.15) is 22.5 Å². The minimum Gasteiger partial charge on any atom is -0.382 e. The van der Waals surface area contributed by atoms with Gasteiger partial charge in [0.2, 0.25) is 5.91 Å². The number of nitrogen functional groups attached to an aromatic ring is 1. The van der Waals surface area contributed by atoms with Gasteiger partial charge in [-0.05, 0) is 12.8 Å². The maximum Gasteiger partial charge on any atom is 0.267 e. The van der Waals surface area contributed by atoms with Crippen LogP contribution >= 0.6 is 11.3 Å². The Labute approximate surface area is 115 Å². The van der Waals surface area contributed by atoms with E-state index in [1.54, 1.807) is 11.9 Å². The molecule has 0 radical (unpaired) electrons. The number of nitrogens with zero attached hydrogens (tertiary/aromatic N) is 2.